The summed E-state index contributed by atoms with van der Waals surface area (Å²) in [6.07, 6.45) is 0. The van der Waals surface area contributed by atoms with Gasteiger partial charge < -0.3 is 25.8 Å². The summed E-state index contributed by atoms with van der Waals surface area (Å²) in [5, 5.41) is 5.48. The molecule has 0 aliphatic rings. The molecule has 0 heterocycles. The fourth-order valence-electron chi connectivity index (χ4n) is 2.27. The van der Waals surface area contributed by atoms with Crippen molar-refractivity contribution in [2.45, 2.75) is 13.5 Å². The second kappa shape index (κ2) is 9.23. The second-order valence-corrected chi connectivity index (χ2v) is 5.68. The molecule has 27 heavy (non-hydrogen) atoms. The van der Waals surface area contributed by atoms with Gasteiger partial charge in [-0.3, -0.25) is 14.4 Å². The van der Waals surface area contributed by atoms with Crippen LogP contribution in [0.2, 0.25) is 0 Å². The number of anilines is 1. The summed E-state index contributed by atoms with van der Waals surface area (Å²) in [5.74, 6) is -0.401. The number of ether oxygens (including phenoxy) is 2. The Bertz CT molecular complexity index is 834. The molecule has 2 aromatic carbocycles. The molecule has 0 unspecified atom stereocenters. The highest BCUT2D eigenvalue weighted by atomic mass is 16.5. The van der Waals surface area contributed by atoms with Gasteiger partial charge in [0.1, 0.15) is 0 Å². The summed E-state index contributed by atoms with van der Waals surface area (Å²) < 4.78 is 10.4. The molecule has 0 saturated heterocycles. The Morgan fingerprint density at radius 2 is 1.74 bits per heavy atom. The molecule has 8 heteroatoms. The van der Waals surface area contributed by atoms with Crippen molar-refractivity contribution in [1.29, 1.82) is 0 Å². The number of carbonyl (C=O) groups excluding carboxylic acids is 3. The fraction of sp³-hybridized carbons (Fsp3) is 0.211. The average Bonchev–Trinajstić information content (AvgIpc) is 2.64. The SMILES string of the molecule is COc1cc(C(=O)NCc2ccc(NC(C)=O)cc2)ccc1OCC(N)=O. The van der Waals surface area contributed by atoms with E-state index in [9.17, 15) is 14.4 Å². The largest absolute Gasteiger partial charge is 0.493 e. The van der Waals surface area contributed by atoms with Crippen LogP contribution in [0.5, 0.6) is 11.5 Å². The summed E-state index contributed by atoms with van der Waals surface area (Å²) in [6, 6.07) is 11.8. The molecular formula is C19H21N3O5. The highest BCUT2D eigenvalue weighted by Crippen LogP contribution is 2.28. The normalized spacial score (nSPS) is 10.0. The second-order valence-electron chi connectivity index (χ2n) is 5.68. The highest BCUT2D eigenvalue weighted by molar-refractivity contribution is 5.95. The van der Waals surface area contributed by atoms with Crippen molar-refractivity contribution in [3.05, 3.63) is 53.6 Å². The van der Waals surface area contributed by atoms with Crippen LogP contribution >= 0.6 is 0 Å². The number of nitrogens with one attached hydrogen (secondary N) is 2. The first-order valence-electron chi connectivity index (χ1n) is 8.13. The van der Waals surface area contributed by atoms with E-state index < -0.39 is 5.91 Å². The van der Waals surface area contributed by atoms with Crippen molar-refractivity contribution in [2.24, 2.45) is 5.73 Å². The number of nitrogens with two attached hydrogens (primary N) is 1. The van der Waals surface area contributed by atoms with Gasteiger partial charge in [0.15, 0.2) is 18.1 Å². The topological polar surface area (TPSA) is 120 Å². The Hall–Kier alpha value is -3.55. The number of amides is 3. The van der Waals surface area contributed by atoms with E-state index in [0.717, 1.165) is 5.56 Å². The van der Waals surface area contributed by atoms with E-state index in [1.165, 1.54) is 20.1 Å². The van der Waals surface area contributed by atoms with Crippen LogP contribution in [0, 0.1) is 0 Å². The van der Waals surface area contributed by atoms with Crippen molar-refractivity contribution >= 4 is 23.4 Å². The Morgan fingerprint density at radius 3 is 2.33 bits per heavy atom. The number of hydrogen-bond acceptors (Lipinski definition) is 5. The molecule has 0 bridgehead atoms. The van der Waals surface area contributed by atoms with Gasteiger partial charge in [0.25, 0.3) is 11.8 Å². The minimum Gasteiger partial charge on any atom is -0.493 e. The average molecular weight is 371 g/mol. The molecule has 0 radical (unpaired) electrons. The minimum absolute atomic E-state index is 0.145. The van der Waals surface area contributed by atoms with E-state index in [1.807, 2.05) is 12.1 Å². The number of carbonyl (C=O) groups is 3. The van der Waals surface area contributed by atoms with Gasteiger partial charge in [-0.2, -0.15) is 0 Å². The smallest absolute Gasteiger partial charge is 0.255 e. The number of rotatable bonds is 8. The molecule has 3 amide bonds. The standard InChI is InChI=1S/C19H21N3O5/c1-12(23)22-15-6-3-13(4-7-15)10-21-19(25)14-5-8-16(17(9-14)26-2)27-11-18(20)24/h3-9H,10-11H2,1-2H3,(H2,20,24)(H,21,25)(H,22,23). The maximum atomic E-state index is 12.3. The van der Waals surface area contributed by atoms with Crippen LogP contribution in [0.3, 0.4) is 0 Å². The lowest BCUT2D eigenvalue weighted by molar-refractivity contribution is -0.120. The van der Waals surface area contributed by atoms with Gasteiger partial charge >= 0.3 is 0 Å². The molecule has 0 aromatic heterocycles. The first kappa shape index (κ1) is 19.8. The van der Waals surface area contributed by atoms with Crippen molar-refractivity contribution in [1.82, 2.24) is 5.32 Å². The number of benzene rings is 2. The summed E-state index contributed by atoms with van der Waals surface area (Å²) in [7, 11) is 1.44. The van der Waals surface area contributed by atoms with Crippen molar-refractivity contribution in [3.8, 4) is 11.5 Å². The predicted octanol–water partition coefficient (Wildman–Crippen LogP) is 1.45. The Kier molecular flexibility index (Phi) is 6.76. The Labute approximate surface area is 156 Å². The Balaban J connectivity index is 1.98. The molecule has 142 valence electrons. The summed E-state index contributed by atoms with van der Waals surface area (Å²) >= 11 is 0. The molecule has 2 aromatic rings. The first-order valence-corrected chi connectivity index (χ1v) is 8.13. The molecule has 0 aliphatic carbocycles. The monoisotopic (exact) mass is 371 g/mol. The lowest BCUT2D eigenvalue weighted by Crippen LogP contribution is -2.23. The molecule has 0 atom stereocenters. The van der Waals surface area contributed by atoms with Gasteiger partial charge in [0.05, 0.1) is 7.11 Å². The zero-order valence-corrected chi connectivity index (χ0v) is 15.1. The fourth-order valence-corrected chi connectivity index (χ4v) is 2.27. The lowest BCUT2D eigenvalue weighted by atomic mass is 10.1. The number of hydrogen-bond donors (Lipinski definition) is 3. The van der Waals surface area contributed by atoms with Gasteiger partial charge in [0, 0.05) is 24.7 Å². The van der Waals surface area contributed by atoms with Crippen LogP contribution in [0.25, 0.3) is 0 Å². The van der Waals surface area contributed by atoms with E-state index in [-0.39, 0.29) is 18.4 Å². The Morgan fingerprint density at radius 1 is 1.04 bits per heavy atom. The number of methoxy groups -OCH3 is 1. The molecule has 0 spiro atoms. The zero-order chi connectivity index (χ0) is 19.8. The van der Waals surface area contributed by atoms with Gasteiger partial charge in [-0.25, -0.2) is 0 Å². The predicted molar refractivity (Wildman–Crippen MR) is 99.6 cm³/mol. The third-order valence-corrected chi connectivity index (χ3v) is 3.52. The molecule has 0 aliphatic heterocycles. The number of primary amides is 1. The van der Waals surface area contributed by atoms with Crippen LogP contribution in [0.4, 0.5) is 5.69 Å². The third kappa shape index (κ3) is 6.03. The summed E-state index contributed by atoms with van der Waals surface area (Å²) in [4.78, 5) is 34.2. The van der Waals surface area contributed by atoms with Crippen LogP contribution in [-0.4, -0.2) is 31.4 Å². The maximum absolute atomic E-state index is 12.3. The van der Waals surface area contributed by atoms with Gasteiger partial charge in [0.2, 0.25) is 5.91 Å². The van der Waals surface area contributed by atoms with E-state index in [0.29, 0.717) is 29.3 Å². The van der Waals surface area contributed by atoms with Gasteiger partial charge in [-0.1, -0.05) is 12.1 Å². The van der Waals surface area contributed by atoms with Crippen molar-refractivity contribution < 1.29 is 23.9 Å². The quantitative estimate of drug-likeness (QED) is 0.649. The van der Waals surface area contributed by atoms with E-state index >= 15 is 0 Å². The van der Waals surface area contributed by atoms with Crippen LogP contribution in [0.1, 0.15) is 22.8 Å². The van der Waals surface area contributed by atoms with E-state index in [4.69, 9.17) is 15.2 Å². The first-order chi connectivity index (χ1) is 12.9. The summed E-state index contributed by atoms with van der Waals surface area (Å²) in [5.41, 5.74) is 7.00. The maximum Gasteiger partial charge on any atom is 0.255 e. The highest BCUT2D eigenvalue weighted by Gasteiger charge is 2.12. The zero-order valence-electron chi connectivity index (χ0n) is 15.1. The van der Waals surface area contributed by atoms with Crippen molar-refractivity contribution in [3.63, 3.8) is 0 Å². The van der Waals surface area contributed by atoms with Gasteiger partial charge in [-0.05, 0) is 35.9 Å². The van der Waals surface area contributed by atoms with E-state index in [2.05, 4.69) is 10.6 Å². The molecule has 8 nitrogen and oxygen atoms in total. The lowest BCUT2D eigenvalue weighted by Gasteiger charge is -2.11. The van der Waals surface area contributed by atoms with Crippen LogP contribution in [0.15, 0.2) is 42.5 Å². The van der Waals surface area contributed by atoms with E-state index in [1.54, 1.807) is 24.3 Å². The minimum atomic E-state index is -0.608. The molecule has 2 rings (SSSR count). The molecular weight excluding hydrogens is 350 g/mol. The van der Waals surface area contributed by atoms with Crippen LogP contribution in [-0.2, 0) is 16.1 Å². The third-order valence-electron chi connectivity index (χ3n) is 3.52. The van der Waals surface area contributed by atoms with Gasteiger partial charge in [-0.15, -0.1) is 0 Å². The molecule has 0 saturated carbocycles. The molecule has 0 fully saturated rings. The summed E-state index contributed by atoms with van der Waals surface area (Å²) in [6.45, 7) is 1.48. The molecule has 4 N–H and O–H groups in total. The van der Waals surface area contributed by atoms with Crippen molar-refractivity contribution in [2.75, 3.05) is 19.0 Å². The van der Waals surface area contributed by atoms with Crippen LogP contribution < -0.4 is 25.8 Å².